The van der Waals surface area contributed by atoms with Crippen molar-refractivity contribution in [1.82, 2.24) is 20.1 Å². The molecule has 0 saturated heterocycles. The molecule has 1 aromatic carbocycles. The van der Waals surface area contributed by atoms with Gasteiger partial charge in [0.1, 0.15) is 23.9 Å². The van der Waals surface area contributed by atoms with Gasteiger partial charge in [-0.25, -0.2) is 9.99 Å². The van der Waals surface area contributed by atoms with Crippen molar-refractivity contribution in [2.75, 3.05) is 19.0 Å². The summed E-state index contributed by atoms with van der Waals surface area (Å²) in [6.07, 6.45) is -3.03. The maximum Gasteiger partial charge on any atom is 0.573 e. The van der Waals surface area contributed by atoms with Crippen molar-refractivity contribution in [2.45, 2.75) is 26.4 Å². The number of nitrogens with zero attached hydrogens (tertiary/aromatic N) is 7. The minimum Gasteiger partial charge on any atom is -0.406 e. The molecule has 0 amide bonds. The zero-order valence-corrected chi connectivity index (χ0v) is 18.2. The van der Waals surface area contributed by atoms with Crippen LogP contribution in [-0.4, -0.2) is 53.1 Å². The van der Waals surface area contributed by atoms with Crippen molar-refractivity contribution in [2.24, 2.45) is 10.1 Å². The number of amidine groups is 1. The van der Waals surface area contributed by atoms with Crippen molar-refractivity contribution in [1.29, 1.82) is 0 Å². The topological polar surface area (TPSA) is 92.2 Å². The van der Waals surface area contributed by atoms with Gasteiger partial charge in [-0.2, -0.15) is 10.1 Å². The number of hydrogen-bond acceptors (Lipinski definition) is 8. The van der Waals surface area contributed by atoms with E-state index in [1.54, 1.807) is 18.1 Å². The Hall–Kier alpha value is -3.96. The lowest BCUT2D eigenvalue weighted by Gasteiger charge is -2.19. The average Bonchev–Trinajstić information content (AvgIpc) is 3.24. The minimum absolute atomic E-state index is 0.0966. The number of anilines is 1. The SMILES string of the molecule is C=NN(Cc1ccnc(N(C)C)c1)C(C)=NCc1nc(-c2ccc(OC(F)(F)F)cc2)no1. The van der Waals surface area contributed by atoms with E-state index in [2.05, 4.69) is 36.7 Å². The van der Waals surface area contributed by atoms with Gasteiger partial charge in [0.2, 0.25) is 11.7 Å². The Bertz CT molecular complexity index is 1110. The van der Waals surface area contributed by atoms with Gasteiger partial charge in [0, 0.05) is 32.6 Å². The second-order valence-electron chi connectivity index (χ2n) is 7.06. The van der Waals surface area contributed by atoms with Gasteiger partial charge in [-0.1, -0.05) is 5.16 Å². The summed E-state index contributed by atoms with van der Waals surface area (Å²) in [6, 6.07) is 8.99. The highest BCUT2D eigenvalue weighted by Crippen LogP contribution is 2.25. The van der Waals surface area contributed by atoms with E-state index in [-0.39, 0.29) is 24.0 Å². The highest BCUT2D eigenvalue weighted by atomic mass is 19.4. The molecule has 0 bridgehead atoms. The number of halogens is 3. The van der Waals surface area contributed by atoms with Crippen molar-refractivity contribution in [3.8, 4) is 17.1 Å². The molecular formula is C21H22F3N7O2. The van der Waals surface area contributed by atoms with Crippen LogP contribution in [-0.2, 0) is 13.1 Å². The van der Waals surface area contributed by atoms with E-state index in [0.29, 0.717) is 17.9 Å². The highest BCUT2D eigenvalue weighted by Gasteiger charge is 2.31. The average molecular weight is 461 g/mol. The van der Waals surface area contributed by atoms with Crippen molar-refractivity contribution < 1.29 is 22.4 Å². The lowest BCUT2D eigenvalue weighted by atomic mass is 10.2. The molecule has 2 heterocycles. The first-order valence-corrected chi connectivity index (χ1v) is 9.71. The molecule has 3 rings (SSSR count). The zero-order valence-electron chi connectivity index (χ0n) is 18.2. The fourth-order valence-electron chi connectivity index (χ4n) is 2.75. The first-order chi connectivity index (χ1) is 15.6. The predicted molar refractivity (Wildman–Crippen MR) is 117 cm³/mol. The summed E-state index contributed by atoms with van der Waals surface area (Å²) in [5, 5.41) is 9.49. The Morgan fingerprint density at radius 3 is 2.55 bits per heavy atom. The molecule has 0 aliphatic carbocycles. The molecule has 0 radical (unpaired) electrons. The van der Waals surface area contributed by atoms with Crippen molar-refractivity contribution in [3.05, 3.63) is 54.0 Å². The van der Waals surface area contributed by atoms with Gasteiger partial charge < -0.3 is 14.2 Å². The molecule has 0 aliphatic rings. The Balaban J connectivity index is 1.64. The molecule has 0 N–H and O–H groups in total. The van der Waals surface area contributed by atoms with Crippen LogP contribution >= 0.6 is 0 Å². The number of pyridine rings is 1. The second-order valence-corrected chi connectivity index (χ2v) is 7.06. The normalized spacial score (nSPS) is 11.9. The summed E-state index contributed by atoms with van der Waals surface area (Å²) in [6.45, 7) is 5.92. The molecule has 0 unspecified atom stereocenters. The number of aliphatic imine (C=N–C) groups is 1. The molecule has 0 spiro atoms. The van der Waals surface area contributed by atoms with Gasteiger partial charge in [-0.3, -0.25) is 4.99 Å². The number of benzene rings is 1. The van der Waals surface area contributed by atoms with Crippen LogP contribution in [0.1, 0.15) is 18.4 Å². The van der Waals surface area contributed by atoms with E-state index in [1.807, 2.05) is 31.1 Å². The molecule has 2 aromatic heterocycles. The van der Waals surface area contributed by atoms with Crippen LogP contribution in [0.15, 0.2) is 57.2 Å². The molecule has 0 saturated carbocycles. The van der Waals surface area contributed by atoms with Crippen LogP contribution in [0.2, 0.25) is 0 Å². The highest BCUT2D eigenvalue weighted by molar-refractivity contribution is 5.79. The van der Waals surface area contributed by atoms with E-state index in [0.717, 1.165) is 11.4 Å². The first-order valence-electron chi connectivity index (χ1n) is 9.71. The maximum absolute atomic E-state index is 12.3. The third-order valence-electron chi connectivity index (χ3n) is 4.40. The van der Waals surface area contributed by atoms with Crippen LogP contribution < -0.4 is 9.64 Å². The third kappa shape index (κ3) is 6.76. The summed E-state index contributed by atoms with van der Waals surface area (Å²) < 4.78 is 45.9. The maximum atomic E-state index is 12.3. The van der Waals surface area contributed by atoms with Crippen LogP contribution in [0.4, 0.5) is 19.0 Å². The van der Waals surface area contributed by atoms with Gasteiger partial charge in [-0.05, 0) is 48.9 Å². The zero-order chi connectivity index (χ0) is 24.0. The largest absolute Gasteiger partial charge is 0.573 e. The van der Waals surface area contributed by atoms with Gasteiger partial charge in [0.25, 0.3) is 0 Å². The molecule has 0 atom stereocenters. The van der Waals surface area contributed by atoms with Gasteiger partial charge in [0.15, 0.2) is 0 Å². The van der Waals surface area contributed by atoms with Crippen molar-refractivity contribution in [3.63, 3.8) is 0 Å². The van der Waals surface area contributed by atoms with E-state index in [9.17, 15) is 13.2 Å². The standard InChI is InChI=1S/C21H22F3N7O2/c1-14(31(25-2)13-15-9-10-26-18(11-15)30(3)4)27-12-19-28-20(29-33-19)16-5-7-17(8-6-16)32-21(22,23)24/h5-11H,2,12-13H2,1,3-4H3. The molecule has 33 heavy (non-hydrogen) atoms. The van der Waals surface area contributed by atoms with E-state index in [1.165, 1.54) is 24.3 Å². The Morgan fingerprint density at radius 2 is 1.91 bits per heavy atom. The number of aromatic nitrogens is 3. The number of hydrogen-bond donors (Lipinski definition) is 0. The van der Waals surface area contributed by atoms with E-state index >= 15 is 0 Å². The van der Waals surface area contributed by atoms with Gasteiger partial charge >= 0.3 is 6.36 Å². The van der Waals surface area contributed by atoms with Crippen molar-refractivity contribution >= 4 is 18.4 Å². The fourth-order valence-corrected chi connectivity index (χ4v) is 2.75. The summed E-state index contributed by atoms with van der Waals surface area (Å²) in [5.41, 5.74) is 1.46. The number of rotatable bonds is 8. The molecule has 0 aliphatic heterocycles. The van der Waals surface area contributed by atoms with E-state index < -0.39 is 6.36 Å². The Kier molecular flexibility index (Phi) is 7.26. The van der Waals surface area contributed by atoms with Gasteiger partial charge in [-0.15, -0.1) is 13.2 Å². The minimum atomic E-state index is -4.75. The fraction of sp³-hybridized carbons (Fsp3) is 0.286. The molecule has 9 nitrogen and oxygen atoms in total. The smallest absolute Gasteiger partial charge is 0.406 e. The summed E-state index contributed by atoms with van der Waals surface area (Å²) in [5.74, 6) is 1.54. The van der Waals surface area contributed by atoms with Gasteiger partial charge in [0.05, 0.1) is 6.54 Å². The molecule has 3 aromatic rings. The molecule has 12 heteroatoms. The first kappa shape index (κ1) is 23.7. The van der Waals surface area contributed by atoms with Crippen LogP contribution in [0.3, 0.4) is 0 Å². The molecule has 0 fully saturated rings. The number of alkyl halides is 3. The second kappa shape index (κ2) is 10.1. The lowest BCUT2D eigenvalue weighted by Crippen LogP contribution is -2.23. The third-order valence-corrected chi connectivity index (χ3v) is 4.40. The number of hydrazone groups is 1. The number of ether oxygens (including phenoxy) is 1. The summed E-state index contributed by atoms with van der Waals surface area (Å²) in [4.78, 5) is 14.8. The Morgan fingerprint density at radius 1 is 1.18 bits per heavy atom. The Labute approximate surface area is 188 Å². The molecular weight excluding hydrogens is 439 g/mol. The van der Waals surface area contributed by atoms with Crippen LogP contribution in [0.25, 0.3) is 11.4 Å². The summed E-state index contributed by atoms with van der Waals surface area (Å²) in [7, 11) is 3.82. The van der Waals surface area contributed by atoms with Crippen LogP contribution in [0.5, 0.6) is 5.75 Å². The summed E-state index contributed by atoms with van der Waals surface area (Å²) >= 11 is 0. The van der Waals surface area contributed by atoms with E-state index in [4.69, 9.17) is 4.52 Å². The lowest BCUT2D eigenvalue weighted by molar-refractivity contribution is -0.274. The van der Waals surface area contributed by atoms with Crippen LogP contribution in [0, 0.1) is 0 Å². The predicted octanol–water partition coefficient (Wildman–Crippen LogP) is 4.13. The monoisotopic (exact) mass is 461 g/mol. The quantitative estimate of drug-likeness (QED) is 0.283. The molecule has 174 valence electrons.